The average molecular weight is 550 g/mol. The van der Waals surface area contributed by atoms with Crippen LogP contribution in [0.15, 0.2) is 48.7 Å². The van der Waals surface area contributed by atoms with Crippen molar-refractivity contribution in [1.29, 1.82) is 0 Å². The Morgan fingerprint density at radius 1 is 1.13 bits per heavy atom. The highest BCUT2D eigenvalue weighted by molar-refractivity contribution is 7.80. The first kappa shape index (κ1) is 26.7. The van der Waals surface area contributed by atoms with Gasteiger partial charge in [0.2, 0.25) is 5.91 Å². The first-order chi connectivity index (χ1) is 18.3. The Bertz CT molecular complexity index is 1330. The van der Waals surface area contributed by atoms with E-state index in [1.54, 1.807) is 0 Å². The van der Waals surface area contributed by atoms with Gasteiger partial charge in [-0.05, 0) is 80.9 Å². The lowest BCUT2D eigenvalue weighted by atomic mass is 9.94. The molecule has 1 aliphatic heterocycles. The number of anilines is 2. The quantitative estimate of drug-likeness (QED) is 0.313. The number of carbonyl (C=O) groups is 1. The molecule has 0 radical (unpaired) electrons. The molecule has 2 fully saturated rings. The maximum atomic E-state index is 12.3. The maximum absolute atomic E-state index is 12.3. The number of benzene rings is 1. The van der Waals surface area contributed by atoms with Crippen molar-refractivity contribution in [2.45, 2.75) is 77.9 Å². The Morgan fingerprint density at radius 3 is 2.55 bits per heavy atom. The Kier molecular flexibility index (Phi) is 7.78. The highest BCUT2D eigenvalue weighted by atomic mass is 35.5. The highest BCUT2D eigenvalue weighted by Gasteiger charge is 2.42. The summed E-state index contributed by atoms with van der Waals surface area (Å²) >= 11 is 12.6. The summed E-state index contributed by atoms with van der Waals surface area (Å²) in [6.07, 6.45) is 8.18. The van der Waals surface area contributed by atoms with Crippen LogP contribution in [0.1, 0.15) is 86.7 Å². The molecule has 1 aliphatic carbocycles. The summed E-state index contributed by atoms with van der Waals surface area (Å²) in [4.78, 5) is 19.1. The van der Waals surface area contributed by atoms with Gasteiger partial charge < -0.3 is 20.1 Å². The molecule has 2 aromatic heterocycles. The number of carbonyl (C=O) groups excluding carboxylic acids is 1. The Morgan fingerprint density at radius 2 is 1.89 bits per heavy atom. The molecule has 1 saturated carbocycles. The topological polar surface area (TPSA) is 62.2 Å². The van der Waals surface area contributed by atoms with Crippen LogP contribution in [0.3, 0.4) is 0 Å². The zero-order valence-electron chi connectivity index (χ0n) is 22.5. The van der Waals surface area contributed by atoms with Crippen LogP contribution >= 0.6 is 23.8 Å². The first-order valence-electron chi connectivity index (χ1n) is 13.6. The van der Waals surface area contributed by atoms with E-state index in [1.165, 1.54) is 49.1 Å². The van der Waals surface area contributed by atoms with E-state index >= 15 is 0 Å². The standard InChI is InChI=1S/C30H36ClN5OS/c1-18(2)29(37)33-25-14-13-22(17-24(25)31)36-28(27(34-30(36)38)26-12-8-9-15-32-26)23-16-19(3)35(20(23)4)21-10-6-5-7-11-21/h8-9,12-18,21,27-28H,5-7,10-11H2,1-4H3,(H,33,37)(H,34,38)/t27-,28-/m0/s1. The van der Waals surface area contributed by atoms with E-state index in [0.29, 0.717) is 21.9 Å². The van der Waals surface area contributed by atoms with Gasteiger partial charge in [0.25, 0.3) is 0 Å². The third kappa shape index (κ3) is 5.06. The van der Waals surface area contributed by atoms with Crippen molar-refractivity contribution in [3.05, 3.63) is 76.3 Å². The fourth-order valence-electron chi connectivity index (χ4n) is 5.98. The van der Waals surface area contributed by atoms with Crippen LogP contribution in [0.5, 0.6) is 0 Å². The fraction of sp³-hybridized carbons (Fsp3) is 0.433. The van der Waals surface area contributed by atoms with Crippen molar-refractivity contribution in [2.24, 2.45) is 5.92 Å². The van der Waals surface area contributed by atoms with Gasteiger partial charge in [0.1, 0.15) is 0 Å². The van der Waals surface area contributed by atoms with Gasteiger partial charge in [-0.3, -0.25) is 9.78 Å². The van der Waals surface area contributed by atoms with E-state index in [9.17, 15) is 4.79 Å². The Labute approximate surface area is 235 Å². The second-order valence-electron chi connectivity index (χ2n) is 10.8. The largest absolute Gasteiger partial charge is 0.351 e. The molecule has 6 nitrogen and oxygen atoms in total. The number of hydrogen-bond acceptors (Lipinski definition) is 3. The number of halogens is 1. The van der Waals surface area contributed by atoms with Gasteiger partial charge in [-0.25, -0.2) is 0 Å². The number of aromatic nitrogens is 2. The van der Waals surface area contributed by atoms with Gasteiger partial charge in [-0.15, -0.1) is 0 Å². The zero-order chi connectivity index (χ0) is 27.0. The van der Waals surface area contributed by atoms with E-state index in [-0.39, 0.29) is 23.9 Å². The van der Waals surface area contributed by atoms with Crippen LogP contribution in [0, 0.1) is 19.8 Å². The molecule has 200 valence electrons. The molecule has 0 unspecified atom stereocenters. The second-order valence-corrected chi connectivity index (χ2v) is 11.6. The number of nitrogens with zero attached hydrogens (tertiary/aromatic N) is 3. The lowest BCUT2D eigenvalue weighted by Crippen LogP contribution is -2.29. The SMILES string of the molecule is Cc1cc([C@H]2[C@H](c3ccccn3)NC(=S)N2c2ccc(NC(=O)C(C)C)c(Cl)c2)c(C)n1C1CCCCC1. The summed E-state index contributed by atoms with van der Waals surface area (Å²) in [5.74, 6) is -0.203. The Hall–Kier alpha value is -2.90. The van der Waals surface area contributed by atoms with Crippen molar-refractivity contribution in [3.63, 3.8) is 0 Å². The number of nitrogens with one attached hydrogen (secondary N) is 2. The molecule has 2 atom stereocenters. The molecule has 0 spiro atoms. The second kappa shape index (κ2) is 11.1. The first-order valence-corrected chi connectivity index (χ1v) is 14.3. The van der Waals surface area contributed by atoms with Crippen LogP contribution in [-0.4, -0.2) is 20.6 Å². The average Bonchev–Trinajstić information content (AvgIpc) is 3.41. The van der Waals surface area contributed by atoms with Crippen LogP contribution in [-0.2, 0) is 4.79 Å². The smallest absolute Gasteiger partial charge is 0.226 e. The number of amides is 1. The molecule has 2 aliphatic rings. The van der Waals surface area contributed by atoms with E-state index in [1.807, 2.05) is 50.4 Å². The van der Waals surface area contributed by atoms with Gasteiger partial charge in [-0.2, -0.15) is 0 Å². The van der Waals surface area contributed by atoms with Crippen molar-refractivity contribution in [3.8, 4) is 0 Å². The minimum absolute atomic E-state index is 0.0683. The summed E-state index contributed by atoms with van der Waals surface area (Å²) < 4.78 is 2.54. The lowest BCUT2D eigenvalue weighted by molar-refractivity contribution is -0.118. The van der Waals surface area contributed by atoms with Crippen LogP contribution in [0.2, 0.25) is 5.02 Å². The van der Waals surface area contributed by atoms with E-state index in [0.717, 1.165) is 11.4 Å². The lowest BCUT2D eigenvalue weighted by Gasteiger charge is -2.30. The van der Waals surface area contributed by atoms with Gasteiger partial charge in [-0.1, -0.05) is 50.8 Å². The normalized spacial score (nSPS) is 20.2. The van der Waals surface area contributed by atoms with Crippen molar-refractivity contribution in [1.82, 2.24) is 14.9 Å². The summed E-state index contributed by atoms with van der Waals surface area (Å²) in [6, 6.07) is 14.4. The van der Waals surface area contributed by atoms with E-state index < -0.39 is 0 Å². The van der Waals surface area contributed by atoms with Crippen LogP contribution in [0.4, 0.5) is 11.4 Å². The molecule has 0 bridgehead atoms. The number of pyridine rings is 1. The molecule has 3 aromatic rings. The molecule has 3 heterocycles. The maximum Gasteiger partial charge on any atom is 0.226 e. The summed E-state index contributed by atoms with van der Waals surface area (Å²) in [5, 5.41) is 7.58. The molecular formula is C30H36ClN5OS. The van der Waals surface area contributed by atoms with Crippen LogP contribution < -0.4 is 15.5 Å². The van der Waals surface area contributed by atoms with E-state index in [4.69, 9.17) is 28.8 Å². The molecule has 1 saturated heterocycles. The Balaban J connectivity index is 1.58. The van der Waals surface area contributed by atoms with Gasteiger partial charge >= 0.3 is 0 Å². The fourth-order valence-corrected chi connectivity index (χ4v) is 6.55. The molecule has 1 aromatic carbocycles. The van der Waals surface area contributed by atoms with Crippen LogP contribution in [0.25, 0.3) is 0 Å². The number of rotatable bonds is 6. The zero-order valence-corrected chi connectivity index (χ0v) is 24.1. The molecule has 1 amide bonds. The van der Waals surface area contributed by atoms with Gasteiger partial charge in [0.15, 0.2) is 5.11 Å². The molecular weight excluding hydrogens is 514 g/mol. The predicted molar refractivity (Wildman–Crippen MR) is 159 cm³/mol. The third-order valence-electron chi connectivity index (χ3n) is 7.89. The molecule has 8 heteroatoms. The number of hydrogen-bond donors (Lipinski definition) is 2. The van der Waals surface area contributed by atoms with E-state index in [2.05, 4.69) is 46.1 Å². The molecule has 38 heavy (non-hydrogen) atoms. The summed E-state index contributed by atoms with van der Waals surface area (Å²) in [6.45, 7) is 8.18. The number of thiocarbonyl (C=S) groups is 1. The van der Waals surface area contributed by atoms with Crippen molar-refractivity contribution < 1.29 is 4.79 Å². The summed E-state index contributed by atoms with van der Waals surface area (Å²) in [5.41, 5.74) is 6.22. The monoisotopic (exact) mass is 549 g/mol. The van der Waals surface area contributed by atoms with Crippen molar-refractivity contribution >= 4 is 46.2 Å². The number of aryl methyl sites for hydroxylation is 1. The van der Waals surface area contributed by atoms with Gasteiger partial charge in [0.05, 0.1) is 28.5 Å². The minimum atomic E-state index is -0.135. The highest BCUT2D eigenvalue weighted by Crippen LogP contribution is 2.45. The summed E-state index contributed by atoms with van der Waals surface area (Å²) in [7, 11) is 0. The molecule has 5 rings (SSSR count). The predicted octanol–water partition coefficient (Wildman–Crippen LogP) is 7.43. The molecule has 2 N–H and O–H groups in total. The minimum Gasteiger partial charge on any atom is -0.351 e. The van der Waals surface area contributed by atoms with Gasteiger partial charge in [0, 0.05) is 35.2 Å². The van der Waals surface area contributed by atoms with Crippen molar-refractivity contribution in [2.75, 3.05) is 10.2 Å². The third-order valence-corrected chi connectivity index (χ3v) is 8.52.